The molecule has 0 aliphatic carbocycles. The summed E-state index contributed by atoms with van der Waals surface area (Å²) in [4.78, 5) is 23.1. The van der Waals surface area contributed by atoms with E-state index in [2.05, 4.69) is 71.0 Å². The molecule has 0 spiro atoms. The maximum absolute atomic E-state index is 13.5. The van der Waals surface area contributed by atoms with Crippen molar-refractivity contribution >= 4 is 16.9 Å². The van der Waals surface area contributed by atoms with E-state index in [-0.39, 0.29) is 17.1 Å². The molecular formula is C36H42N4O3. The maximum Gasteiger partial charge on any atom is 0.257 e. The number of likely N-dealkylation sites (tertiary alicyclic amines) is 1. The van der Waals surface area contributed by atoms with E-state index >= 15 is 0 Å². The molecule has 2 unspecified atom stereocenters. The van der Waals surface area contributed by atoms with Crippen molar-refractivity contribution in [2.75, 3.05) is 26.7 Å². The Morgan fingerprint density at radius 3 is 2.37 bits per heavy atom. The number of aryl methyl sites for hydroxylation is 1. The summed E-state index contributed by atoms with van der Waals surface area (Å²) in [5.74, 6) is 1.58. The van der Waals surface area contributed by atoms with E-state index in [4.69, 9.17) is 9.72 Å². The van der Waals surface area contributed by atoms with Gasteiger partial charge in [-0.3, -0.25) is 9.69 Å². The van der Waals surface area contributed by atoms with Crippen molar-refractivity contribution in [2.24, 2.45) is 0 Å². The molecule has 3 saturated heterocycles. The van der Waals surface area contributed by atoms with Crippen LogP contribution in [0.2, 0.25) is 0 Å². The van der Waals surface area contributed by atoms with Gasteiger partial charge in [-0.05, 0) is 99.7 Å². The number of phenolic OH excluding ortho intramolecular Hbond substituents is 1. The summed E-state index contributed by atoms with van der Waals surface area (Å²) >= 11 is 0. The lowest BCUT2D eigenvalue weighted by Gasteiger charge is -2.45. The molecule has 7 rings (SSSR count). The number of carbonyl (C=O) groups is 1. The van der Waals surface area contributed by atoms with Gasteiger partial charge in [-0.2, -0.15) is 0 Å². The smallest absolute Gasteiger partial charge is 0.257 e. The number of hydrogen-bond acceptors (Lipinski definition) is 5. The number of piperidine rings is 2. The van der Waals surface area contributed by atoms with E-state index in [0.29, 0.717) is 42.5 Å². The molecule has 0 radical (unpaired) electrons. The van der Waals surface area contributed by atoms with Crippen LogP contribution in [0.15, 0.2) is 72.8 Å². The van der Waals surface area contributed by atoms with E-state index in [1.807, 2.05) is 4.90 Å². The minimum Gasteiger partial charge on any atom is -0.507 e. The standard InChI is InChI=1S/C36H42N4O3/c1-25-37-32-10-6-7-11-33(32)40(25)29-22-27-12-13-28(23-29)39(27)21-18-36(26-8-4-3-5-9-26)16-19-38(20-17-36)35(42)31-24-30(43-2)14-15-34(31)41/h3-11,14-15,24,27-29,41H,12-13,16-23H2,1-2H3. The molecule has 3 aliphatic rings. The topological polar surface area (TPSA) is 70.8 Å². The molecule has 1 aromatic heterocycles. The van der Waals surface area contributed by atoms with Gasteiger partial charge < -0.3 is 19.3 Å². The quantitative estimate of drug-likeness (QED) is 0.271. The average molecular weight is 579 g/mol. The number of carbonyl (C=O) groups excluding carboxylic acids is 1. The number of aromatic nitrogens is 2. The van der Waals surface area contributed by atoms with Gasteiger partial charge in [0.2, 0.25) is 0 Å². The van der Waals surface area contributed by atoms with Gasteiger partial charge in [-0.15, -0.1) is 0 Å². The van der Waals surface area contributed by atoms with Gasteiger partial charge in [0.25, 0.3) is 5.91 Å². The van der Waals surface area contributed by atoms with Gasteiger partial charge in [0.15, 0.2) is 0 Å². The van der Waals surface area contributed by atoms with Gasteiger partial charge in [0, 0.05) is 31.2 Å². The van der Waals surface area contributed by atoms with Crippen molar-refractivity contribution in [3.05, 3.63) is 89.7 Å². The Labute approximate surface area is 254 Å². The van der Waals surface area contributed by atoms with E-state index in [1.54, 1.807) is 25.3 Å². The molecule has 2 bridgehead atoms. The lowest BCUT2D eigenvalue weighted by molar-refractivity contribution is 0.0604. The van der Waals surface area contributed by atoms with Crippen LogP contribution in [0.1, 0.15) is 72.7 Å². The normalized spacial score (nSPS) is 23.5. The van der Waals surface area contributed by atoms with E-state index in [0.717, 1.165) is 37.1 Å². The average Bonchev–Trinajstić information content (AvgIpc) is 3.50. The summed E-state index contributed by atoms with van der Waals surface area (Å²) in [6, 6.07) is 26.1. The largest absolute Gasteiger partial charge is 0.507 e. The number of imidazole rings is 1. The number of ether oxygens (including phenoxy) is 1. The van der Waals surface area contributed by atoms with Crippen LogP contribution in [0.5, 0.6) is 11.5 Å². The van der Waals surface area contributed by atoms with Gasteiger partial charge in [0.05, 0.1) is 23.7 Å². The highest BCUT2D eigenvalue weighted by Gasteiger charge is 2.44. The Morgan fingerprint density at radius 1 is 0.953 bits per heavy atom. The fraction of sp³-hybridized carbons (Fsp3) is 0.444. The molecule has 7 heteroatoms. The molecule has 0 saturated carbocycles. The van der Waals surface area contributed by atoms with Crippen LogP contribution < -0.4 is 4.74 Å². The predicted molar refractivity (Wildman–Crippen MR) is 169 cm³/mol. The molecule has 3 aliphatic heterocycles. The van der Waals surface area contributed by atoms with Crippen molar-refractivity contribution in [2.45, 2.75) is 75.4 Å². The zero-order chi connectivity index (χ0) is 29.6. The van der Waals surface area contributed by atoms with E-state index < -0.39 is 0 Å². The van der Waals surface area contributed by atoms with Gasteiger partial charge in [0.1, 0.15) is 17.3 Å². The molecule has 1 N–H and O–H groups in total. The first-order valence-electron chi connectivity index (χ1n) is 15.9. The van der Waals surface area contributed by atoms with E-state index in [9.17, 15) is 9.90 Å². The Balaban J connectivity index is 1.06. The summed E-state index contributed by atoms with van der Waals surface area (Å²) in [6.07, 6.45) is 7.84. The van der Waals surface area contributed by atoms with Crippen LogP contribution >= 0.6 is 0 Å². The third-order valence-corrected chi connectivity index (χ3v) is 10.7. The minimum atomic E-state index is -0.125. The first-order chi connectivity index (χ1) is 21.0. The second-order valence-corrected chi connectivity index (χ2v) is 12.8. The molecule has 7 nitrogen and oxygen atoms in total. The Hall–Kier alpha value is -3.84. The molecular weight excluding hydrogens is 536 g/mol. The number of nitrogens with zero attached hydrogens (tertiary/aromatic N) is 4. The SMILES string of the molecule is COc1ccc(O)c(C(=O)N2CCC(CCN3C4CCC3CC(n3c(C)nc5ccccc53)C4)(c3ccccc3)CC2)c1. The molecule has 1 amide bonds. The van der Waals surface area contributed by atoms with Crippen molar-refractivity contribution in [1.29, 1.82) is 0 Å². The number of hydrogen-bond donors (Lipinski definition) is 1. The molecule has 4 aromatic rings. The van der Waals surface area contributed by atoms with Crippen LogP contribution in [0, 0.1) is 6.92 Å². The number of amides is 1. The third kappa shape index (κ3) is 5.07. The minimum absolute atomic E-state index is 0.00320. The lowest BCUT2D eigenvalue weighted by Crippen LogP contribution is -2.49. The zero-order valence-corrected chi connectivity index (χ0v) is 25.3. The summed E-state index contributed by atoms with van der Waals surface area (Å²) in [5.41, 5.74) is 4.10. The fourth-order valence-corrected chi connectivity index (χ4v) is 8.39. The first kappa shape index (κ1) is 28.0. The van der Waals surface area contributed by atoms with Crippen molar-refractivity contribution in [1.82, 2.24) is 19.4 Å². The maximum atomic E-state index is 13.5. The first-order valence-corrected chi connectivity index (χ1v) is 15.9. The van der Waals surface area contributed by atoms with Crippen LogP contribution in [-0.2, 0) is 5.41 Å². The van der Waals surface area contributed by atoms with Gasteiger partial charge >= 0.3 is 0 Å². The number of para-hydroxylation sites is 2. The number of fused-ring (bicyclic) bond motifs is 3. The second kappa shape index (κ2) is 11.3. The molecule has 3 aromatic carbocycles. The Morgan fingerprint density at radius 2 is 1.65 bits per heavy atom. The Bertz CT molecular complexity index is 1590. The molecule has 2 atom stereocenters. The Kier molecular flexibility index (Phi) is 7.38. The highest BCUT2D eigenvalue weighted by molar-refractivity contribution is 5.97. The molecule has 4 heterocycles. The summed E-state index contributed by atoms with van der Waals surface area (Å²) in [5, 5.41) is 10.4. The molecule has 3 fully saturated rings. The number of aromatic hydroxyl groups is 1. The number of benzene rings is 3. The van der Waals surface area contributed by atoms with Crippen LogP contribution in [-0.4, -0.2) is 69.2 Å². The monoisotopic (exact) mass is 578 g/mol. The fourth-order valence-electron chi connectivity index (χ4n) is 8.39. The van der Waals surface area contributed by atoms with E-state index in [1.165, 1.54) is 36.8 Å². The van der Waals surface area contributed by atoms with Crippen LogP contribution in [0.4, 0.5) is 0 Å². The molecule has 224 valence electrons. The molecule has 43 heavy (non-hydrogen) atoms. The number of rotatable bonds is 7. The third-order valence-electron chi connectivity index (χ3n) is 10.7. The van der Waals surface area contributed by atoms with Crippen molar-refractivity contribution in [3.8, 4) is 11.5 Å². The summed E-state index contributed by atoms with van der Waals surface area (Å²) < 4.78 is 7.82. The van der Waals surface area contributed by atoms with Crippen molar-refractivity contribution in [3.63, 3.8) is 0 Å². The highest BCUT2D eigenvalue weighted by Crippen LogP contribution is 2.45. The second-order valence-electron chi connectivity index (χ2n) is 12.8. The van der Waals surface area contributed by atoms with Crippen molar-refractivity contribution < 1.29 is 14.6 Å². The number of phenols is 1. The van der Waals surface area contributed by atoms with Crippen LogP contribution in [0.25, 0.3) is 11.0 Å². The summed E-state index contributed by atoms with van der Waals surface area (Å²) in [7, 11) is 1.57. The zero-order valence-electron chi connectivity index (χ0n) is 25.3. The summed E-state index contributed by atoms with van der Waals surface area (Å²) in [6.45, 7) is 4.59. The number of methoxy groups -OCH3 is 1. The van der Waals surface area contributed by atoms with Gasteiger partial charge in [-0.25, -0.2) is 4.98 Å². The van der Waals surface area contributed by atoms with Crippen LogP contribution in [0.3, 0.4) is 0 Å². The van der Waals surface area contributed by atoms with Gasteiger partial charge in [-0.1, -0.05) is 42.5 Å². The lowest BCUT2D eigenvalue weighted by atomic mass is 9.70. The highest BCUT2D eigenvalue weighted by atomic mass is 16.5. The predicted octanol–water partition coefficient (Wildman–Crippen LogP) is 6.49.